The molecule has 1 aliphatic heterocycles. The second-order valence-corrected chi connectivity index (χ2v) is 6.15. The van der Waals surface area contributed by atoms with E-state index in [1.807, 2.05) is 4.90 Å². The van der Waals surface area contributed by atoms with Crippen LogP contribution in [-0.2, 0) is 11.2 Å². The molecule has 4 nitrogen and oxygen atoms in total. The van der Waals surface area contributed by atoms with Crippen LogP contribution < -0.4 is 15.0 Å². The predicted molar refractivity (Wildman–Crippen MR) is 75.9 cm³/mol. The maximum absolute atomic E-state index is 13.9. The fraction of sp³-hybridized carbons (Fsp3) is 0.538. The predicted octanol–water partition coefficient (Wildman–Crippen LogP) is 1.13. The van der Waals surface area contributed by atoms with Crippen molar-refractivity contribution in [1.82, 2.24) is 5.32 Å². The molecule has 112 valence electrons. The molecule has 1 aliphatic rings. The summed E-state index contributed by atoms with van der Waals surface area (Å²) < 4.78 is 43.7. The first-order chi connectivity index (χ1) is 9.58. The van der Waals surface area contributed by atoms with E-state index >= 15 is 0 Å². The van der Waals surface area contributed by atoms with Crippen molar-refractivity contribution >= 4 is 16.9 Å². The average molecular weight is 304 g/mol. The van der Waals surface area contributed by atoms with Crippen molar-refractivity contribution in [2.75, 3.05) is 49.7 Å². The van der Waals surface area contributed by atoms with Gasteiger partial charge >= 0.3 is 0 Å². The third-order valence-electron chi connectivity index (χ3n) is 3.09. The van der Waals surface area contributed by atoms with Crippen LogP contribution in [0.4, 0.5) is 14.5 Å². The SMILES string of the molecule is C[S@+]([O-])CCOc1cc(N2CCNCC2)c(F)cc1F. The molecule has 0 spiro atoms. The maximum atomic E-state index is 13.9. The Bertz CT molecular complexity index is 454. The lowest BCUT2D eigenvalue weighted by atomic mass is 10.2. The number of benzene rings is 1. The zero-order valence-electron chi connectivity index (χ0n) is 11.3. The summed E-state index contributed by atoms with van der Waals surface area (Å²) in [7, 11) is 0. The molecule has 1 aromatic carbocycles. The first-order valence-corrected chi connectivity index (χ1v) is 8.18. The molecule has 0 bridgehead atoms. The van der Waals surface area contributed by atoms with Crippen molar-refractivity contribution < 1.29 is 18.1 Å². The van der Waals surface area contributed by atoms with Gasteiger partial charge in [0.2, 0.25) is 0 Å². The van der Waals surface area contributed by atoms with Crippen molar-refractivity contribution in [2.24, 2.45) is 0 Å². The van der Waals surface area contributed by atoms with Crippen molar-refractivity contribution in [2.45, 2.75) is 0 Å². The third kappa shape index (κ3) is 3.97. The molecule has 1 aromatic rings. The van der Waals surface area contributed by atoms with E-state index in [0.29, 0.717) is 24.5 Å². The van der Waals surface area contributed by atoms with Crippen molar-refractivity contribution in [1.29, 1.82) is 0 Å². The highest BCUT2D eigenvalue weighted by molar-refractivity contribution is 7.90. The van der Waals surface area contributed by atoms with Gasteiger partial charge in [-0.2, -0.15) is 0 Å². The Labute approximate surface area is 120 Å². The number of halogens is 2. The highest BCUT2D eigenvalue weighted by atomic mass is 32.2. The highest BCUT2D eigenvalue weighted by Gasteiger charge is 2.18. The number of anilines is 1. The fourth-order valence-electron chi connectivity index (χ4n) is 2.05. The molecule has 1 saturated heterocycles. The van der Waals surface area contributed by atoms with E-state index in [0.717, 1.165) is 19.2 Å². The Morgan fingerprint density at radius 3 is 2.65 bits per heavy atom. The monoisotopic (exact) mass is 304 g/mol. The second kappa shape index (κ2) is 7.10. The van der Waals surface area contributed by atoms with Crippen molar-refractivity contribution in [3.8, 4) is 5.75 Å². The third-order valence-corrected chi connectivity index (χ3v) is 3.83. The van der Waals surface area contributed by atoms with E-state index in [1.54, 1.807) is 6.26 Å². The minimum atomic E-state index is -1.00. The molecule has 0 amide bonds. The molecule has 1 atom stereocenters. The van der Waals surface area contributed by atoms with Crippen molar-refractivity contribution in [3.05, 3.63) is 23.8 Å². The second-order valence-electron chi connectivity index (χ2n) is 4.60. The Balaban J connectivity index is 2.11. The first kappa shape index (κ1) is 15.3. The summed E-state index contributed by atoms with van der Waals surface area (Å²) in [5.74, 6) is -0.996. The van der Waals surface area contributed by atoms with Gasteiger partial charge in [0, 0.05) is 38.3 Å². The molecule has 1 N–H and O–H groups in total. The maximum Gasteiger partial charge on any atom is 0.168 e. The van der Waals surface area contributed by atoms with Gasteiger partial charge in [-0.15, -0.1) is 0 Å². The number of rotatable bonds is 5. The van der Waals surface area contributed by atoms with Crippen LogP contribution in [0, 0.1) is 11.6 Å². The molecular formula is C13H18F2N2O2S. The molecule has 0 aliphatic carbocycles. The van der Waals surface area contributed by atoms with Gasteiger partial charge in [0.05, 0.1) is 11.9 Å². The largest absolute Gasteiger partial charge is 0.616 e. The van der Waals surface area contributed by atoms with E-state index < -0.39 is 22.8 Å². The molecule has 2 rings (SSSR count). The molecule has 0 aromatic heterocycles. The Hall–Kier alpha value is -1.05. The Kier molecular flexibility index (Phi) is 5.45. The number of nitrogens with zero attached hydrogens (tertiary/aromatic N) is 1. The number of piperazine rings is 1. The van der Waals surface area contributed by atoms with Crippen LogP contribution in [0.5, 0.6) is 5.75 Å². The van der Waals surface area contributed by atoms with Crippen molar-refractivity contribution in [3.63, 3.8) is 0 Å². The number of ether oxygens (including phenoxy) is 1. The van der Waals surface area contributed by atoms with E-state index in [1.165, 1.54) is 6.07 Å². The lowest BCUT2D eigenvalue weighted by Crippen LogP contribution is -2.43. The van der Waals surface area contributed by atoms with Gasteiger partial charge in [0.25, 0.3) is 0 Å². The molecule has 1 heterocycles. The summed E-state index contributed by atoms with van der Waals surface area (Å²) in [6.45, 7) is 3.01. The van der Waals surface area contributed by atoms with Gasteiger partial charge in [0.1, 0.15) is 18.2 Å². The molecule has 20 heavy (non-hydrogen) atoms. The number of hydrogen-bond acceptors (Lipinski definition) is 4. The summed E-state index contributed by atoms with van der Waals surface area (Å²) in [5.41, 5.74) is 0.348. The van der Waals surface area contributed by atoms with Crippen LogP contribution in [0.2, 0.25) is 0 Å². The highest BCUT2D eigenvalue weighted by Crippen LogP contribution is 2.28. The Morgan fingerprint density at radius 1 is 1.30 bits per heavy atom. The quantitative estimate of drug-likeness (QED) is 0.829. The standard InChI is InChI=1S/C13H18F2N2O2S/c1-20(18)7-6-19-13-9-12(10(14)8-11(13)15)17-4-2-16-3-5-17/h8-9,16H,2-7H2,1H3/t20-/m0/s1. The zero-order chi connectivity index (χ0) is 14.5. The molecule has 0 unspecified atom stereocenters. The van der Waals surface area contributed by atoms with E-state index in [9.17, 15) is 13.3 Å². The first-order valence-electron chi connectivity index (χ1n) is 6.45. The molecule has 1 fully saturated rings. The molecular weight excluding hydrogens is 286 g/mol. The van der Waals surface area contributed by atoms with Crippen LogP contribution in [0.3, 0.4) is 0 Å². The topological polar surface area (TPSA) is 47.6 Å². The van der Waals surface area contributed by atoms with Crippen LogP contribution in [-0.4, -0.2) is 49.3 Å². The normalized spacial score (nSPS) is 17.1. The summed E-state index contributed by atoms with van der Waals surface area (Å²) in [6.07, 6.45) is 1.55. The van der Waals surface area contributed by atoms with Crippen LogP contribution in [0.15, 0.2) is 12.1 Å². The summed E-state index contributed by atoms with van der Waals surface area (Å²) in [6, 6.07) is 2.23. The summed E-state index contributed by atoms with van der Waals surface area (Å²) in [4.78, 5) is 1.86. The zero-order valence-corrected chi connectivity index (χ0v) is 12.1. The Morgan fingerprint density at radius 2 is 2.00 bits per heavy atom. The lowest BCUT2D eigenvalue weighted by molar-refractivity contribution is 0.321. The van der Waals surface area contributed by atoms with E-state index in [2.05, 4.69) is 5.32 Å². The molecule has 0 saturated carbocycles. The number of hydrogen-bond donors (Lipinski definition) is 1. The molecule has 7 heteroatoms. The van der Waals surface area contributed by atoms with Crippen LogP contribution in [0.25, 0.3) is 0 Å². The fourth-order valence-corrected chi connectivity index (χ4v) is 2.36. The molecule has 0 radical (unpaired) electrons. The lowest BCUT2D eigenvalue weighted by Gasteiger charge is -2.30. The van der Waals surface area contributed by atoms with Gasteiger partial charge < -0.3 is 19.5 Å². The van der Waals surface area contributed by atoms with Crippen LogP contribution >= 0.6 is 0 Å². The summed E-state index contributed by atoms with van der Waals surface area (Å²) in [5, 5.41) is 3.17. The smallest absolute Gasteiger partial charge is 0.168 e. The van der Waals surface area contributed by atoms with Gasteiger partial charge in [-0.1, -0.05) is 11.2 Å². The van der Waals surface area contributed by atoms with Crippen LogP contribution in [0.1, 0.15) is 0 Å². The minimum Gasteiger partial charge on any atom is -0.616 e. The van der Waals surface area contributed by atoms with E-state index in [4.69, 9.17) is 4.74 Å². The minimum absolute atomic E-state index is 0.00498. The van der Waals surface area contributed by atoms with Gasteiger partial charge in [-0.3, -0.25) is 0 Å². The van der Waals surface area contributed by atoms with Gasteiger partial charge in [0.15, 0.2) is 11.6 Å². The average Bonchev–Trinajstić information content (AvgIpc) is 2.42. The number of nitrogens with one attached hydrogen (secondary N) is 1. The van der Waals surface area contributed by atoms with Gasteiger partial charge in [-0.25, -0.2) is 8.78 Å². The van der Waals surface area contributed by atoms with E-state index in [-0.39, 0.29) is 12.4 Å². The van der Waals surface area contributed by atoms with Gasteiger partial charge in [-0.05, 0) is 0 Å². The summed E-state index contributed by atoms with van der Waals surface area (Å²) >= 11 is -1.00.